The molecule has 0 aliphatic rings. The fourth-order valence-electron chi connectivity index (χ4n) is 3.01. The molecule has 0 aliphatic heterocycles. The zero-order chi connectivity index (χ0) is 25.5. The molecule has 35 heavy (non-hydrogen) atoms. The first-order valence-corrected chi connectivity index (χ1v) is 11.5. The smallest absolute Gasteiger partial charge is 0.408 e. The van der Waals surface area contributed by atoms with Gasteiger partial charge in [0.2, 0.25) is 5.91 Å². The van der Waals surface area contributed by atoms with Gasteiger partial charge >= 0.3 is 12.1 Å². The highest BCUT2D eigenvalue weighted by Crippen LogP contribution is 2.16. The molecule has 1 atom stereocenters. The number of unbranched alkanes of at least 4 members (excludes halogenated alkanes) is 1. The molecular weight excluding hydrogens is 472 g/mol. The van der Waals surface area contributed by atoms with Crippen molar-refractivity contribution < 1.29 is 29.3 Å². The molecule has 2 amide bonds. The summed E-state index contributed by atoms with van der Waals surface area (Å²) in [6.07, 6.45) is 0.821. The Hall–Kier alpha value is -3.86. The Kier molecular flexibility index (Phi) is 11.8. The van der Waals surface area contributed by atoms with Gasteiger partial charge in [0.15, 0.2) is 5.11 Å². The zero-order valence-electron chi connectivity index (χ0n) is 19.2. The number of rotatable bonds is 13. The van der Waals surface area contributed by atoms with Gasteiger partial charge in [-0.15, -0.1) is 0 Å². The van der Waals surface area contributed by atoms with Gasteiger partial charge in [-0.1, -0.05) is 36.4 Å². The predicted octanol–water partition coefficient (Wildman–Crippen LogP) is 2.73. The van der Waals surface area contributed by atoms with E-state index in [1.807, 2.05) is 30.3 Å². The topological polar surface area (TPSA) is 149 Å². The van der Waals surface area contributed by atoms with Gasteiger partial charge in [-0.25, -0.2) is 4.79 Å². The van der Waals surface area contributed by atoms with Crippen molar-refractivity contribution in [3.05, 3.63) is 60.2 Å². The van der Waals surface area contributed by atoms with Gasteiger partial charge in [0.1, 0.15) is 18.4 Å². The van der Waals surface area contributed by atoms with Crippen LogP contribution in [0.25, 0.3) is 0 Å². The molecule has 2 rings (SSSR count). The van der Waals surface area contributed by atoms with E-state index in [0.717, 1.165) is 5.56 Å². The van der Waals surface area contributed by atoms with E-state index < -0.39 is 24.0 Å². The molecule has 6 N–H and O–H groups in total. The van der Waals surface area contributed by atoms with Crippen LogP contribution >= 0.6 is 12.2 Å². The second kappa shape index (κ2) is 15.1. The van der Waals surface area contributed by atoms with Crippen LogP contribution in [0.4, 0.5) is 10.5 Å². The number of hydrogen-bond donors (Lipinski definition) is 6. The van der Waals surface area contributed by atoms with Crippen molar-refractivity contribution in [2.45, 2.75) is 38.3 Å². The summed E-state index contributed by atoms with van der Waals surface area (Å²) in [5.74, 6) is -1.34. The summed E-state index contributed by atoms with van der Waals surface area (Å²) in [7, 11) is 0. The molecule has 0 unspecified atom stereocenters. The molecule has 0 fully saturated rings. The van der Waals surface area contributed by atoms with Crippen LogP contribution < -0.4 is 21.3 Å². The molecule has 10 nitrogen and oxygen atoms in total. The van der Waals surface area contributed by atoms with Crippen molar-refractivity contribution in [3.63, 3.8) is 0 Å². The standard InChI is InChI=1S/C24H30N4O6S/c29-19-10-6-9-18(15-19)27-22(32)20(28-24(33)34-16-17-7-2-1-3-8-17)11-4-5-13-25-23(35)26-14-12-21(30)31/h1-3,6-10,15,20,29H,4-5,11-14,16H2,(H,27,32)(H,28,33)(H,30,31)(H2,25,26,35)/t20-/m0/s1. The second-order valence-electron chi connectivity index (χ2n) is 7.62. The number of phenolic OH excluding ortho intramolecular Hbond substituents is 1. The Labute approximate surface area is 209 Å². The predicted molar refractivity (Wildman–Crippen MR) is 135 cm³/mol. The average Bonchev–Trinajstić information content (AvgIpc) is 2.82. The maximum atomic E-state index is 12.8. The van der Waals surface area contributed by atoms with E-state index in [2.05, 4.69) is 21.3 Å². The van der Waals surface area contributed by atoms with Crippen molar-refractivity contribution in [2.75, 3.05) is 18.4 Å². The van der Waals surface area contributed by atoms with Crippen molar-refractivity contribution in [1.29, 1.82) is 0 Å². The minimum absolute atomic E-state index is 0.00795. The number of hydrogen-bond acceptors (Lipinski definition) is 6. The number of carbonyl (C=O) groups excluding carboxylic acids is 2. The van der Waals surface area contributed by atoms with E-state index in [-0.39, 0.29) is 25.3 Å². The van der Waals surface area contributed by atoms with E-state index in [4.69, 9.17) is 22.1 Å². The van der Waals surface area contributed by atoms with E-state index in [1.165, 1.54) is 12.1 Å². The number of benzene rings is 2. The van der Waals surface area contributed by atoms with Crippen LogP contribution in [0.3, 0.4) is 0 Å². The number of thiocarbonyl (C=S) groups is 1. The largest absolute Gasteiger partial charge is 0.508 e. The molecule has 0 heterocycles. The molecule has 2 aromatic carbocycles. The Morgan fingerprint density at radius 3 is 2.43 bits per heavy atom. The summed E-state index contributed by atoms with van der Waals surface area (Å²) < 4.78 is 5.24. The first kappa shape index (κ1) is 27.4. The molecule has 0 spiro atoms. The summed E-state index contributed by atoms with van der Waals surface area (Å²) in [6, 6.07) is 14.4. The van der Waals surface area contributed by atoms with Gasteiger partial charge in [-0.2, -0.15) is 0 Å². The summed E-state index contributed by atoms with van der Waals surface area (Å²) in [5.41, 5.74) is 1.22. The van der Waals surface area contributed by atoms with E-state index in [1.54, 1.807) is 12.1 Å². The molecule has 0 aromatic heterocycles. The molecular formula is C24H30N4O6S. The lowest BCUT2D eigenvalue weighted by molar-refractivity contribution is -0.136. The number of anilines is 1. The van der Waals surface area contributed by atoms with Crippen LogP contribution in [0.5, 0.6) is 5.75 Å². The summed E-state index contributed by atoms with van der Waals surface area (Å²) in [4.78, 5) is 35.7. The number of phenols is 1. The van der Waals surface area contributed by atoms with E-state index in [0.29, 0.717) is 36.6 Å². The average molecular weight is 503 g/mol. The minimum Gasteiger partial charge on any atom is -0.508 e. The third-order valence-electron chi connectivity index (χ3n) is 4.76. The van der Waals surface area contributed by atoms with Gasteiger partial charge in [-0.3, -0.25) is 9.59 Å². The highest BCUT2D eigenvalue weighted by Gasteiger charge is 2.21. The van der Waals surface area contributed by atoms with Crippen molar-refractivity contribution in [1.82, 2.24) is 16.0 Å². The number of ether oxygens (including phenoxy) is 1. The first-order chi connectivity index (χ1) is 16.8. The Morgan fingerprint density at radius 1 is 0.971 bits per heavy atom. The molecule has 0 saturated heterocycles. The van der Waals surface area contributed by atoms with Crippen LogP contribution in [-0.4, -0.2) is 52.4 Å². The van der Waals surface area contributed by atoms with Crippen molar-refractivity contribution in [2.24, 2.45) is 0 Å². The van der Waals surface area contributed by atoms with Crippen molar-refractivity contribution >= 4 is 41.0 Å². The van der Waals surface area contributed by atoms with Crippen LogP contribution in [0.2, 0.25) is 0 Å². The normalized spacial score (nSPS) is 11.1. The molecule has 0 saturated carbocycles. The first-order valence-electron chi connectivity index (χ1n) is 11.1. The highest BCUT2D eigenvalue weighted by atomic mass is 32.1. The maximum absolute atomic E-state index is 12.8. The van der Waals surface area contributed by atoms with E-state index >= 15 is 0 Å². The van der Waals surface area contributed by atoms with Crippen LogP contribution in [-0.2, 0) is 20.9 Å². The van der Waals surface area contributed by atoms with E-state index in [9.17, 15) is 19.5 Å². The summed E-state index contributed by atoms with van der Waals surface area (Å²) >= 11 is 5.09. The highest BCUT2D eigenvalue weighted by molar-refractivity contribution is 7.80. The third-order valence-corrected chi connectivity index (χ3v) is 5.05. The van der Waals surface area contributed by atoms with Gasteiger partial charge in [0.25, 0.3) is 0 Å². The lowest BCUT2D eigenvalue weighted by Crippen LogP contribution is -2.44. The number of carbonyl (C=O) groups is 3. The number of nitrogens with one attached hydrogen (secondary N) is 4. The molecule has 188 valence electrons. The van der Waals surface area contributed by atoms with Crippen LogP contribution in [0.1, 0.15) is 31.2 Å². The van der Waals surface area contributed by atoms with Crippen LogP contribution in [0.15, 0.2) is 54.6 Å². The maximum Gasteiger partial charge on any atom is 0.408 e. The number of alkyl carbamates (subject to hydrolysis) is 1. The van der Waals surface area contributed by atoms with Crippen molar-refractivity contribution in [3.8, 4) is 5.75 Å². The van der Waals surface area contributed by atoms with Gasteiger partial charge in [-0.05, 0) is 49.2 Å². The fourth-order valence-corrected chi connectivity index (χ4v) is 3.21. The number of amides is 2. The monoisotopic (exact) mass is 502 g/mol. The second-order valence-corrected chi connectivity index (χ2v) is 8.03. The molecule has 11 heteroatoms. The third kappa shape index (κ3) is 11.7. The Bertz CT molecular complexity index is 989. The molecule has 0 bridgehead atoms. The molecule has 2 aromatic rings. The van der Waals surface area contributed by atoms with Gasteiger partial charge in [0, 0.05) is 24.8 Å². The number of aromatic hydroxyl groups is 1. The summed E-state index contributed by atoms with van der Waals surface area (Å²) in [5, 5.41) is 29.7. The van der Waals surface area contributed by atoms with Gasteiger partial charge in [0.05, 0.1) is 6.42 Å². The number of aliphatic carboxylic acids is 1. The Morgan fingerprint density at radius 2 is 1.71 bits per heavy atom. The number of carboxylic acids is 1. The summed E-state index contributed by atoms with van der Waals surface area (Å²) in [6.45, 7) is 0.815. The minimum atomic E-state index is -0.912. The SMILES string of the molecule is O=C(O)CCNC(=S)NCCCC[C@H](NC(=O)OCc1ccccc1)C(=O)Nc1cccc(O)c1. The fraction of sp³-hybridized carbons (Fsp3) is 0.333. The molecule has 0 radical (unpaired) electrons. The lowest BCUT2D eigenvalue weighted by atomic mass is 10.1. The molecule has 0 aliphatic carbocycles. The Balaban J connectivity index is 1.84. The quantitative estimate of drug-likeness (QED) is 0.180. The zero-order valence-corrected chi connectivity index (χ0v) is 20.0. The van der Waals surface area contributed by atoms with Gasteiger partial charge < -0.3 is 36.2 Å². The van der Waals surface area contributed by atoms with Crippen LogP contribution in [0, 0.1) is 0 Å². The number of carboxylic acid groups (broad SMARTS) is 1. The lowest BCUT2D eigenvalue weighted by Gasteiger charge is -2.19.